The van der Waals surface area contributed by atoms with Gasteiger partial charge in [0.15, 0.2) is 5.78 Å². The fourth-order valence-electron chi connectivity index (χ4n) is 5.04. The van der Waals surface area contributed by atoms with Crippen molar-refractivity contribution in [1.82, 2.24) is 0 Å². The Balaban J connectivity index is 1.85. The Morgan fingerprint density at radius 1 is 1.14 bits per heavy atom. The second-order valence-corrected chi connectivity index (χ2v) is 7.92. The molecule has 4 aliphatic rings. The highest BCUT2D eigenvalue weighted by Crippen LogP contribution is 2.57. The Hall–Kier alpha value is -1.09. The van der Waals surface area contributed by atoms with Crippen molar-refractivity contribution in [3.05, 3.63) is 39.6 Å². The fraction of sp³-hybridized carbons (Fsp3) is 0.526. The smallest absolute Gasteiger partial charge is 0.170 e. The minimum atomic E-state index is 0.0474. The van der Waals surface area contributed by atoms with E-state index in [4.69, 9.17) is 0 Å². The second kappa shape index (κ2) is 5.23. The molecule has 2 atom stereocenters. The van der Waals surface area contributed by atoms with Gasteiger partial charge in [0.25, 0.3) is 0 Å². The molecule has 116 valence electrons. The number of allylic oxidation sites excluding steroid dienone is 2. The molecule has 1 aromatic rings. The average Bonchev–Trinajstić information content (AvgIpc) is 2.82. The number of carbonyl (C=O) groups excluding carboxylic acids is 1. The van der Waals surface area contributed by atoms with Crippen LogP contribution in [0.5, 0.6) is 0 Å². The third-order valence-electron chi connectivity index (χ3n) is 6.06. The summed E-state index contributed by atoms with van der Waals surface area (Å²) in [5.41, 5.74) is 2.70. The van der Waals surface area contributed by atoms with Gasteiger partial charge < -0.3 is 5.11 Å². The number of benzene rings is 1. The molecule has 0 spiro atoms. The molecule has 0 amide bonds. The van der Waals surface area contributed by atoms with Crippen LogP contribution in [-0.4, -0.2) is 10.9 Å². The van der Waals surface area contributed by atoms with Crippen molar-refractivity contribution in [3.8, 4) is 0 Å². The first-order chi connectivity index (χ1) is 10.6. The van der Waals surface area contributed by atoms with Gasteiger partial charge in [-0.05, 0) is 67.2 Å². The molecule has 3 saturated carbocycles. The Bertz CT molecular complexity index is 668. The highest BCUT2D eigenvalue weighted by molar-refractivity contribution is 9.10. The molecule has 0 heterocycles. The molecule has 3 heteroatoms. The molecule has 1 aromatic carbocycles. The van der Waals surface area contributed by atoms with E-state index in [2.05, 4.69) is 28.9 Å². The van der Waals surface area contributed by atoms with Crippen LogP contribution >= 0.6 is 15.9 Å². The Morgan fingerprint density at radius 3 is 2.36 bits per heavy atom. The van der Waals surface area contributed by atoms with Gasteiger partial charge in [-0.3, -0.25) is 4.79 Å². The molecule has 2 nitrogen and oxygen atoms in total. The summed E-state index contributed by atoms with van der Waals surface area (Å²) >= 11 is 3.51. The van der Waals surface area contributed by atoms with Crippen LogP contribution < -0.4 is 0 Å². The minimum Gasteiger partial charge on any atom is -0.511 e. The molecule has 22 heavy (non-hydrogen) atoms. The van der Waals surface area contributed by atoms with E-state index in [9.17, 15) is 9.90 Å². The van der Waals surface area contributed by atoms with Crippen LogP contribution in [0.15, 0.2) is 28.4 Å². The lowest BCUT2D eigenvalue weighted by Crippen LogP contribution is -2.41. The molecule has 0 radical (unpaired) electrons. The van der Waals surface area contributed by atoms with Gasteiger partial charge in [0.2, 0.25) is 0 Å². The number of aliphatic hydroxyl groups excluding tert-OH is 1. The largest absolute Gasteiger partial charge is 0.511 e. The number of fused-ring (bicyclic) bond motifs is 2. The summed E-state index contributed by atoms with van der Waals surface area (Å²) in [5.74, 6) is 1.72. The van der Waals surface area contributed by atoms with Crippen molar-refractivity contribution in [1.29, 1.82) is 0 Å². The van der Waals surface area contributed by atoms with Gasteiger partial charge in [-0.25, -0.2) is 0 Å². The summed E-state index contributed by atoms with van der Waals surface area (Å²) in [4.78, 5) is 13.1. The Morgan fingerprint density at radius 2 is 1.77 bits per heavy atom. The lowest BCUT2D eigenvalue weighted by atomic mass is 9.59. The standard InChI is InChI=1S/C19H21BrO2/c1-2-10-7-8-13(20)9-14(10)17-18(21)15-11-3-4-12(6-5-11)16(15)19(17)22/h7-9,11-12,15-16,21H,2-6H2,1H3. The monoisotopic (exact) mass is 360 g/mol. The normalized spacial score (nSPS) is 33.5. The van der Waals surface area contributed by atoms with Crippen molar-refractivity contribution in [2.45, 2.75) is 39.0 Å². The summed E-state index contributed by atoms with van der Waals surface area (Å²) in [6, 6.07) is 6.07. The highest BCUT2D eigenvalue weighted by atomic mass is 79.9. The molecule has 2 bridgehead atoms. The zero-order chi connectivity index (χ0) is 15.4. The first-order valence-electron chi connectivity index (χ1n) is 8.38. The van der Waals surface area contributed by atoms with Gasteiger partial charge in [-0.1, -0.05) is 28.9 Å². The van der Waals surface area contributed by atoms with E-state index in [-0.39, 0.29) is 17.6 Å². The van der Waals surface area contributed by atoms with Crippen LogP contribution in [0.3, 0.4) is 0 Å². The number of aliphatic hydroxyl groups is 1. The van der Waals surface area contributed by atoms with Crippen molar-refractivity contribution in [3.63, 3.8) is 0 Å². The van der Waals surface area contributed by atoms with Crippen LogP contribution in [0.2, 0.25) is 0 Å². The quantitative estimate of drug-likeness (QED) is 0.812. The lowest BCUT2D eigenvalue weighted by Gasteiger charge is -2.44. The number of hydrogen-bond donors (Lipinski definition) is 1. The summed E-state index contributed by atoms with van der Waals surface area (Å²) in [6.07, 6.45) is 5.55. The minimum absolute atomic E-state index is 0.0474. The number of Topliss-reactive ketones (excluding diaryl/α,β-unsaturated/α-hetero) is 1. The van der Waals surface area contributed by atoms with E-state index in [1.165, 1.54) is 12.8 Å². The highest BCUT2D eigenvalue weighted by Gasteiger charge is 2.54. The maximum atomic E-state index is 13.1. The summed E-state index contributed by atoms with van der Waals surface area (Å²) in [5, 5.41) is 10.9. The van der Waals surface area contributed by atoms with Gasteiger partial charge in [0.05, 0.1) is 5.57 Å². The summed E-state index contributed by atoms with van der Waals surface area (Å²) in [7, 11) is 0. The van der Waals surface area contributed by atoms with Crippen LogP contribution in [-0.2, 0) is 11.2 Å². The molecule has 0 aliphatic heterocycles. The van der Waals surface area contributed by atoms with Crippen molar-refractivity contribution >= 4 is 27.3 Å². The molecule has 2 unspecified atom stereocenters. The van der Waals surface area contributed by atoms with E-state index in [1.807, 2.05) is 12.1 Å². The molecule has 0 aromatic heterocycles. The van der Waals surface area contributed by atoms with Gasteiger partial charge in [0, 0.05) is 16.3 Å². The van der Waals surface area contributed by atoms with E-state index < -0.39 is 0 Å². The molecule has 4 aliphatic carbocycles. The lowest BCUT2D eigenvalue weighted by molar-refractivity contribution is -0.123. The van der Waals surface area contributed by atoms with Crippen LogP contribution in [0.1, 0.15) is 43.7 Å². The number of carbonyl (C=O) groups is 1. The molecule has 0 saturated heterocycles. The predicted octanol–water partition coefficient (Wildman–Crippen LogP) is 4.92. The van der Waals surface area contributed by atoms with Gasteiger partial charge in [0.1, 0.15) is 5.76 Å². The van der Waals surface area contributed by atoms with Crippen LogP contribution in [0.4, 0.5) is 0 Å². The van der Waals surface area contributed by atoms with Gasteiger partial charge in [-0.2, -0.15) is 0 Å². The topological polar surface area (TPSA) is 37.3 Å². The number of aryl methyl sites for hydroxylation is 1. The van der Waals surface area contributed by atoms with Crippen molar-refractivity contribution < 1.29 is 9.90 Å². The number of hydrogen-bond acceptors (Lipinski definition) is 2. The van der Waals surface area contributed by atoms with Crippen LogP contribution in [0.25, 0.3) is 5.57 Å². The summed E-state index contributed by atoms with van der Waals surface area (Å²) < 4.78 is 0.964. The van der Waals surface area contributed by atoms with Crippen molar-refractivity contribution in [2.75, 3.05) is 0 Å². The zero-order valence-corrected chi connectivity index (χ0v) is 14.4. The number of ketones is 1. The third-order valence-corrected chi connectivity index (χ3v) is 6.56. The molecule has 3 fully saturated rings. The predicted molar refractivity (Wildman–Crippen MR) is 90.5 cm³/mol. The van der Waals surface area contributed by atoms with E-state index in [0.29, 0.717) is 23.2 Å². The molecule has 5 rings (SSSR count). The fourth-order valence-corrected chi connectivity index (χ4v) is 5.40. The number of rotatable bonds is 2. The maximum absolute atomic E-state index is 13.1. The SMILES string of the molecule is CCc1ccc(Br)cc1C1=C(O)C2C3CCC(CC3)C2C1=O. The average molecular weight is 361 g/mol. The first-order valence-corrected chi connectivity index (χ1v) is 9.17. The maximum Gasteiger partial charge on any atom is 0.170 e. The third kappa shape index (κ3) is 1.94. The Kier molecular flexibility index (Phi) is 3.44. The Labute approximate surface area is 139 Å². The number of halogens is 1. The van der Waals surface area contributed by atoms with Gasteiger partial charge in [-0.15, -0.1) is 0 Å². The van der Waals surface area contributed by atoms with Gasteiger partial charge >= 0.3 is 0 Å². The zero-order valence-electron chi connectivity index (χ0n) is 12.8. The molecule has 1 N–H and O–H groups in total. The van der Waals surface area contributed by atoms with Crippen molar-refractivity contribution in [2.24, 2.45) is 23.7 Å². The molecular weight excluding hydrogens is 340 g/mol. The summed E-state index contributed by atoms with van der Waals surface area (Å²) in [6.45, 7) is 2.10. The first kappa shape index (κ1) is 14.5. The second-order valence-electron chi connectivity index (χ2n) is 7.01. The van der Waals surface area contributed by atoms with E-state index in [1.54, 1.807) is 0 Å². The van der Waals surface area contributed by atoms with Crippen LogP contribution in [0, 0.1) is 23.7 Å². The van der Waals surface area contributed by atoms with E-state index >= 15 is 0 Å². The van der Waals surface area contributed by atoms with E-state index in [0.717, 1.165) is 34.9 Å². The molecular formula is C19H21BrO2.